The van der Waals surface area contributed by atoms with E-state index >= 15 is 0 Å². The highest BCUT2D eigenvalue weighted by Gasteiger charge is 2.45. The molecule has 0 bridgehead atoms. The Labute approximate surface area is 283 Å². The van der Waals surface area contributed by atoms with Gasteiger partial charge in [-0.15, -0.1) is 0 Å². The number of ether oxygens (including phenoxy) is 1. The van der Waals surface area contributed by atoms with Gasteiger partial charge in [0, 0.05) is 35.8 Å². The fourth-order valence-corrected chi connectivity index (χ4v) is 4.61. The number of carboxylic acid groups (broad SMARTS) is 1. The number of amides is 2. The number of aliphatic carboxylic acids is 1. The number of alkyl halides is 3. The zero-order valence-corrected chi connectivity index (χ0v) is 27.2. The molecule has 1 heterocycles. The van der Waals surface area contributed by atoms with Crippen LogP contribution in [-0.2, 0) is 19.9 Å². The molecular formula is C31H34ClF3N8O6. The summed E-state index contributed by atoms with van der Waals surface area (Å²) in [5, 5.41) is 20.9. The quantitative estimate of drug-likeness (QED) is 0.129. The normalized spacial score (nSPS) is 14.0. The van der Waals surface area contributed by atoms with E-state index in [2.05, 4.69) is 36.2 Å². The molecule has 1 aromatic heterocycles. The summed E-state index contributed by atoms with van der Waals surface area (Å²) in [7, 11) is 3.59. The van der Waals surface area contributed by atoms with Crippen LogP contribution < -0.4 is 26.0 Å². The summed E-state index contributed by atoms with van der Waals surface area (Å²) < 4.78 is 43.5. The molecule has 1 aliphatic rings. The van der Waals surface area contributed by atoms with Crippen LogP contribution in [0.5, 0.6) is 6.01 Å². The fraction of sp³-hybridized carbons (Fsp3) is 0.387. The molecule has 0 radical (unpaired) electrons. The van der Waals surface area contributed by atoms with Crippen LogP contribution in [-0.4, -0.2) is 94.5 Å². The van der Waals surface area contributed by atoms with Crippen LogP contribution in [0.15, 0.2) is 48.5 Å². The van der Waals surface area contributed by atoms with Gasteiger partial charge in [-0.25, -0.2) is 4.79 Å². The highest BCUT2D eigenvalue weighted by Crippen LogP contribution is 2.48. The van der Waals surface area contributed by atoms with Crippen molar-refractivity contribution in [3.63, 3.8) is 0 Å². The number of carbonyl (C=O) groups is 4. The van der Waals surface area contributed by atoms with E-state index in [-0.39, 0.29) is 30.4 Å². The molecule has 0 unspecified atom stereocenters. The van der Waals surface area contributed by atoms with E-state index in [9.17, 15) is 37.5 Å². The maximum absolute atomic E-state index is 12.9. The first-order valence-corrected chi connectivity index (χ1v) is 15.4. The SMILES string of the molecule is CN(C)CCNC(=O)C(=O)CC[C@@H](NC(=O)c1ccc(Nc2nc(NC3(c4ccc(Cl)cc4)CC3)nc(OCC(F)(F)F)n2)cc1)C(=O)O. The Morgan fingerprint density at radius 1 is 1.00 bits per heavy atom. The van der Waals surface area contributed by atoms with Gasteiger partial charge in [-0.05, 0) is 75.3 Å². The highest BCUT2D eigenvalue weighted by molar-refractivity contribution is 6.36. The predicted molar refractivity (Wildman–Crippen MR) is 172 cm³/mol. The maximum atomic E-state index is 12.9. The number of carbonyl (C=O) groups excluding carboxylic acids is 3. The first kappa shape index (κ1) is 36.8. The number of nitrogens with zero attached hydrogens (tertiary/aromatic N) is 4. The van der Waals surface area contributed by atoms with Crippen molar-refractivity contribution in [1.29, 1.82) is 0 Å². The van der Waals surface area contributed by atoms with E-state index in [1.54, 1.807) is 26.2 Å². The van der Waals surface area contributed by atoms with Crippen molar-refractivity contribution < 1.29 is 42.2 Å². The van der Waals surface area contributed by atoms with Gasteiger partial charge in [0.25, 0.3) is 11.8 Å². The van der Waals surface area contributed by atoms with Crippen LogP contribution in [0.4, 0.5) is 30.8 Å². The van der Waals surface area contributed by atoms with Gasteiger partial charge in [0.2, 0.25) is 17.7 Å². The number of anilines is 3. The third-order valence-electron chi connectivity index (χ3n) is 7.24. The van der Waals surface area contributed by atoms with E-state index in [0.717, 1.165) is 5.56 Å². The Kier molecular flexibility index (Phi) is 12.0. The van der Waals surface area contributed by atoms with Crippen LogP contribution in [0, 0.1) is 0 Å². The molecule has 0 saturated heterocycles. The van der Waals surface area contributed by atoms with Gasteiger partial charge in [-0.3, -0.25) is 14.4 Å². The molecule has 1 saturated carbocycles. The van der Waals surface area contributed by atoms with E-state index in [0.29, 0.717) is 30.1 Å². The lowest BCUT2D eigenvalue weighted by molar-refractivity contribution is -0.154. The van der Waals surface area contributed by atoms with Gasteiger partial charge in [0.05, 0.1) is 5.54 Å². The Bertz CT molecular complexity index is 1650. The molecule has 262 valence electrons. The van der Waals surface area contributed by atoms with Crippen LogP contribution >= 0.6 is 11.6 Å². The van der Waals surface area contributed by atoms with E-state index in [1.807, 2.05) is 17.0 Å². The second-order valence-corrected chi connectivity index (χ2v) is 11.9. The van der Waals surface area contributed by atoms with Crippen molar-refractivity contribution in [3.05, 3.63) is 64.7 Å². The van der Waals surface area contributed by atoms with Crippen molar-refractivity contribution in [3.8, 4) is 6.01 Å². The number of Topliss-reactive ketones (excluding diaryl/α,β-unsaturated/α-hetero) is 1. The molecule has 2 amide bonds. The van der Waals surface area contributed by atoms with Gasteiger partial charge < -0.3 is 36.0 Å². The number of benzene rings is 2. The van der Waals surface area contributed by atoms with Crippen LogP contribution in [0.3, 0.4) is 0 Å². The average Bonchev–Trinajstić information content (AvgIpc) is 3.81. The number of nitrogens with one attached hydrogen (secondary N) is 4. The van der Waals surface area contributed by atoms with Crippen molar-refractivity contribution in [2.75, 3.05) is 44.4 Å². The minimum absolute atomic E-state index is 0.0395. The number of rotatable bonds is 17. The maximum Gasteiger partial charge on any atom is 0.422 e. The van der Waals surface area contributed by atoms with Crippen molar-refractivity contribution in [2.45, 2.75) is 43.4 Å². The van der Waals surface area contributed by atoms with Crippen molar-refractivity contribution in [2.24, 2.45) is 0 Å². The van der Waals surface area contributed by atoms with Gasteiger partial charge in [-0.2, -0.15) is 28.1 Å². The Balaban J connectivity index is 1.41. The van der Waals surface area contributed by atoms with Gasteiger partial charge in [-0.1, -0.05) is 23.7 Å². The number of carboxylic acids is 1. The van der Waals surface area contributed by atoms with Crippen LogP contribution in [0.1, 0.15) is 41.6 Å². The second kappa shape index (κ2) is 15.9. The molecule has 1 aliphatic carbocycles. The third-order valence-corrected chi connectivity index (χ3v) is 7.49. The zero-order valence-electron chi connectivity index (χ0n) is 26.4. The summed E-state index contributed by atoms with van der Waals surface area (Å²) in [6, 6.07) is 10.7. The first-order chi connectivity index (χ1) is 23.1. The summed E-state index contributed by atoms with van der Waals surface area (Å²) in [4.78, 5) is 62.7. The highest BCUT2D eigenvalue weighted by atomic mass is 35.5. The zero-order chi connectivity index (χ0) is 35.8. The molecular weight excluding hydrogens is 673 g/mol. The molecule has 1 fully saturated rings. The summed E-state index contributed by atoms with van der Waals surface area (Å²) in [6.07, 6.45) is -3.94. The van der Waals surface area contributed by atoms with Gasteiger partial charge in [0.1, 0.15) is 6.04 Å². The first-order valence-electron chi connectivity index (χ1n) is 15.0. The largest absolute Gasteiger partial charge is 0.480 e. The Hall–Kier alpha value is -5.03. The summed E-state index contributed by atoms with van der Waals surface area (Å²) >= 11 is 6.01. The average molecular weight is 707 g/mol. The summed E-state index contributed by atoms with van der Waals surface area (Å²) in [5.74, 6) is -3.99. The minimum Gasteiger partial charge on any atom is -0.480 e. The third kappa shape index (κ3) is 11.3. The summed E-state index contributed by atoms with van der Waals surface area (Å²) in [5.41, 5.74) is 0.723. The molecule has 5 N–H and O–H groups in total. The monoisotopic (exact) mass is 706 g/mol. The van der Waals surface area contributed by atoms with E-state index < -0.39 is 60.4 Å². The fourth-order valence-electron chi connectivity index (χ4n) is 4.49. The molecule has 14 nitrogen and oxygen atoms in total. The molecule has 4 rings (SSSR count). The molecule has 0 aliphatic heterocycles. The molecule has 1 atom stereocenters. The van der Waals surface area contributed by atoms with E-state index in [4.69, 9.17) is 16.3 Å². The predicted octanol–water partition coefficient (Wildman–Crippen LogP) is 3.52. The lowest BCUT2D eigenvalue weighted by atomic mass is 10.1. The van der Waals surface area contributed by atoms with Gasteiger partial charge in [0.15, 0.2) is 6.61 Å². The number of ketones is 1. The molecule has 3 aromatic rings. The molecule has 0 spiro atoms. The molecule has 49 heavy (non-hydrogen) atoms. The number of likely N-dealkylation sites (N-methyl/N-ethyl adjacent to an activating group) is 1. The van der Waals surface area contributed by atoms with Gasteiger partial charge >= 0.3 is 18.2 Å². The standard InChI is InChI=1S/C31H34ClF3N8O6/c1-43(2)16-15-36-25(46)23(44)12-11-22(26(47)48)38-24(45)18-3-9-21(10-4-18)37-27-39-28(41-29(40-27)49-17-31(33,34)35)42-30(13-14-30)19-5-7-20(32)8-6-19/h3-10,22H,11-17H2,1-2H3,(H,36,46)(H,38,45)(H,47,48)(H2,37,39,40,41,42)/t22-/m1/s1. The Morgan fingerprint density at radius 2 is 1.65 bits per heavy atom. The number of hydrogen-bond acceptors (Lipinski definition) is 11. The van der Waals surface area contributed by atoms with E-state index in [1.165, 1.54) is 24.3 Å². The number of halogens is 4. The number of aromatic nitrogens is 3. The smallest absolute Gasteiger partial charge is 0.422 e. The topological polar surface area (TPSA) is 188 Å². The summed E-state index contributed by atoms with van der Waals surface area (Å²) in [6.45, 7) is -0.874. The number of hydrogen-bond donors (Lipinski definition) is 5. The molecule has 18 heteroatoms. The lowest BCUT2D eigenvalue weighted by Crippen LogP contribution is -2.42. The minimum atomic E-state index is -4.64. The van der Waals surface area contributed by atoms with Crippen LogP contribution in [0.25, 0.3) is 0 Å². The second-order valence-electron chi connectivity index (χ2n) is 11.5. The van der Waals surface area contributed by atoms with Crippen molar-refractivity contribution >= 4 is 52.8 Å². The van der Waals surface area contributed by atoms with Crippen molar-refractivity contribution in [1.82, 2.24) is 30.5 Å². The lowest BCUT2D eigenvalue weighted by Gasteiger charge is -2.19. The molecule has 2 aromatic carbocycles. The Morgan fingerprint density at radius 3 is 2.24 bits per heavy atom. The van der Waals surface area contributed by atoms with Crippen LogP contribution in [0.2, 0.25) is 5.02 Å².